The van der Waals surface area contributed by atoms with Crippen molar-refractivity contribution in [2.24, 2.45) is 7.05 Å². The van der Waals surface area contributed by atoms with Gasteiger partial charge in [0.2, 0.25) is 0 Å². The topological polar surface area (TPSA) is 66.5 Å². The van der Waals surface area contributed by atoms with Crippen molar-refractivity contribution >= 4 is 0 Å². The second-order valence-corrected chi connectivity index (χ2v) is 5.84. The van der Waals surface area contributed by atoms with E-state index in [1.165, 1.54) is 17.9 Å². The number of nitrogens with one attached hydrogen (secondary N) is 1. The zero-order chi connectivity index (χ0) is 17.3. The van der Waals surface area contributed by atoms with Crippen molar-refractivity contribution in [2.75, 3.05) is 0 Å². The van der Waals surface area contributed by atoms with Crippen LogP contribution in [0.3, 0.4) is 0 Å². The second kappa shape index (κ2) is 6.24. The fourth-order valence-corrected chi connectivity index (χ4v) is 3.07. The highest BCUT2D eigenvalue weighted by atomic mass is 19.4. The second-order valence-electron chi connectivity index (χ2n) is 5.84. The third-order valence-electron chi connectivity index (χ3n) is 4.12. The minimum atomic E-state index is -4.47. The molecule has 0 bridgehead atoms. The van der Waals surface area contributed by atoms with E-state index in [4.69, 9.17) is 5.26 Å². The molecule has 5 nitrogen and oxygen atoms in total. The molecule has 0 fully saturated rings. The van der Waals surface area contributed by atoms with E-state index in [0.29, 0.717) is 5.69 Å². The Hall–Kier alpha value is -2.40. The number of nitrogens with zero attached hydrogens (tertiary/aromatic N) is 4. The van der Waals surface area contributed by atoms with Gasteiger partial charge in [-0.15, -0.1) is 0 Å². The first kappa shape index (κ1) is 16.5. The van der Waals surface area contributed by atoms with Crippen LogP contribution in [0.1, 0.15) is 47.1 Å². The first-order valence-electron chi connectivity index (χ1n) is 7.61. The number of hydrogen-bond donors (Lipinski definition) is 1. The van der Waals surface area contributed by atoms with Gasteiger partial charge in [-0.25, -0.2) is 4.98 Å². The molecule has 8 heteroatoms. The van der Waals surface area contributed by atoms with Crippen LogP contribution in [0.4, 0.5) is 13.2 Å². The number of aryl methyl sites for hydroxylation is 2. The van der Waals surface area contributed by atoms with Gasteiger partial charge in [0.1, 0.15) is 11.8 Å². The molecule has 0 aliphatic heterocycles. The van der Waals surface area contributed by atoms with Gasteiger partial charge in [0.05, 0.1) is 0 Å². The molecule has 0 amide bonds. The van der Waals surface area contributed by atoms with E-state index in [1.54, 1.807) is 6.07 Å². The van der Waals surface area contributed by atoms with Crippen molar-refractivity contribution in [3.8, 4) is 6.07 Å². The van der Waals surface area contributed by atoms with Gasteiger partial charge in [-0.3, -0.25) is 4.68 Å². The molecule has 1 unspecified atom stereocenters. The first-order valence-corrected chi connectivity index (χ1v) is 7.61. The lowest BCUT2D eigenvalue weighted by Crippen LogP contribution is -2.26. The Kier molecular flexibility index (Phi) is 4.28. The highest BCUT2D eigenvalue weighted by Crippen LogP contribution is 2.32. The summed E-state index contributed by atoms with van der Waals surface area (Å²) in [5.74, 6) is 0. The lowest BCUT2D eigenvalue weighted by atomic mass is 9.91. The molecule has 0 radical (unpaired) electrons. The van der Waals surface area contributed by atoms with Gasteiger partial charge in [-0.1, -0.05) is 6.07 Å². The minimum Gasteiger partial charge on any atom is -0.306 e. The van der Waals surface area contributed by atoms with Crippen LogP contribution in [0.25, 0.3) is 0 Å². The Balaban J connectivity index is 1.79. The molecule has 1 atom stereocenters. The Morgan fingerprint density at radius 2 is 2.21 bits per heavy atom. The molecule has 0 saturated heterocycles. The summed E-state index contributed by atoms with van der Waals surface area (Å²) in [4.78, 5) is 4.30. The zero-order valence-electron chi connectivity index (χ0n) is 13.1. The lowest BCUT2D eigenvalue weighted by Gasteiger charge is -2.26. The number of aromatic nitrogens is 3. The molecule has 24 heavy (non-hydrogen) atoms. The van der Waals surface area contributed by atoms with Gasteiger partial charge >= 0.3 is 6.18 Å². The van der Waals surface area contributed by atoms with Crippen molar-refractivity contribution < 1.29 is 13.2 Å². The molecule has 2 heterocycles. The average molecular weight is 335 g/mol. The molecule has 1 aliphatic rings. The number of alkyl halides is 3. The molecule has 0 saturated carbocycles. The van der Waals surface area contributed by atoms with Crippen molar-refractivity contribution in [2.45, 2.75) is 38.0 Å². The van der Waals surface area contributed by atoms with E-state index in [0.717, 1.165) is 30.5 Å². The summed E-state index contributed by atoms with van der Waals surface area (Å²) in [6, 6.07) is 5.42. The molecule has 3 rings (SSSR count). The van der Waals surface area contributed by atoms with Crippen LogP contribution in [0.15, 0.2) is 18.3 Å². The van der Waals surface area contributed by atoms with Crippen LogP contribution in [-0.2, 0) is 26.2 Å². The van der Waals surface area contributed by atoms with Gasteiger partial charge < -0.3 is 5.32 Å². The maximum atomic E-state index is 13.0. The molecule has 2 aromatic heterocycles. The Labute approximate surface area is 137 Å². The van der Waals surface area contributed by atoms with Crippen LogP contribution < -0.4 is 5.32 Å². The van der Waals surface area contributed by atoms with Crippen LogP contribution in [-0.4, -0.2) is 14.8 Å². The van der Waals surface area contributed by atoms with Gasteiger partial charge in [0.15, 0.2) is 5.69 Å². The number of hydrogen-bond acceptors (Lipinski definition) is 4. The number of nitriles is 1. The first-order chi connectivity index (χ1) is 11.4. The minimum absolute atomic E-state index is 0.0738. The smallest absolute Gasteiger partial charge is 0.306 e. The molecule has 126 valence electrons. The fourth-order valence-electron chi connectivity index (χ4n) is 3.07. The molecule has 2 aromatic rings. The lowest BCUT2D eigenvalue weighted by molar-refractivity contribution is -0.142. The van der Waals surface area contributed by atoms with Crippen LogP contribution in [0, 0.1) is 11.3 Å². The summed E-state index contributed by atoms with van der Waals surface area (Å²) < 4.78 is 40.2. The van der Waals surface area contributed by atoms with E-state index in [1.807, 2.05) is 12.1 Å². The quantitative estimate of drug-likeness (QED) is 0.937. The summed E-state index contributed by atoms with van der Waals surface area (Å²) in [7, 11) is 1.47. The van der Waals surface area contributed by atoms with Crippen molar-refractivity contribution in [1.29, 1.82) is 5.26 Å². The van der Waals surface area contributed by atoms with E-state index >= 15 is 0 Å². The third-order valence-corrected chi connectivity index (χ3v) is 4.12. The van der Waals surface area contributed by atoms with Gasteiger partial charge in [0.25, 0.3) is 0 Å². The molecule has 0 spiro atoms. The summed E-state index contributed by atoms with van der Waals surface area (Å²) in [6.45, 7) is 0.0762. The monoisotopic (exact) mass is 335 g/mol. The Bertz CT molecular complexity index is 788. The zero-order valence-corrected chi connectivity index (χ0v) is 13.1. The van der Waals surface area contributed by atoms with E-state index in [-0.39, 0.29) is 18.2 Å². The largest absolute Gasteiger partial charge is 0.435 e. The molecular weight excluding hydrogens is 319 g/mol. The molecular formula is C16H16F3N5. The number of halogens is 3. The van der Waals surface area contributed by atoms with Crippen molar-refractivity contribution in [3.63, 3.8) is 0 Å². The summed E-state index contributed by atoms with van der Waals surface area (Å²) in [5.41, 5.74) is 1.43. The van der Waals surface area contributed by atoms with Crippen molar-refractivity contribution in [1.82, 2.24) is 20.1 Å². The molecule has 1 N–H and O–H groups in total. The van der Waals surface area contributed by atoms with E-state index in [2.05, 4.69) is 15.4 Å². The summed E-state index contributed by atoms with van der Waals surface area (Å²) in [5, 5.41) is 15.6. The normalized spacial score (nSPS) is 17.4. The van der Waals surface area contributed by atoms with Crippen LogP contribution >= 0.6 is 0 Å². The number of fused-ring (bicyclic) bond motifs is 1. The standard InChI is InChI=1S/C16H16F3N5/c1-24-9-10(15(23-24)16(17,18)19)8-21-13-3-2-4-14-12(13)6-5-11(7-20)22-14/h5-6,9,13,21H,2-4,8H2,1H3. The number of pyridine rings is 1. The third kappa shape index (κ3) is 3.26. The predicted molar refractivity (Wildman–Crippen MR) is 79.7 cm³/mol. The predicted octanol–water partition coefficient (Wildman–Crippen LogP) is 2.87. The molecule has 0 aromatic carbocycles. The highest BCUT2D eigenvalue weighted by molar-refractivity contribution is 5.33. The van der Waals surface area contributed by atoms with E-state index < -0.39 is 11.9 Å². The average Bonchev–Trinajstić information content (AvgIpc) is 2.93. The van der Waals surface area contributed by atoms with Crippen molar-refractivity contribution in [3.05, 3.63) is 46.5 Å². The SMILES string of the molecule is Cn1cc(CNC2CCCc3nc(C#N)ccc32)c(C(F)(F)F)n1. The number of rotatable bonds is 3. The van der Waals surface area contributed by atoms with E-state index in [9.17, 15) is 13.2 Å². The summed E-state index contributed by atoms with van der Waals surface area (Å²) >= 11 is 0. The Morgan fingerprint density at radius 1 is 1.42 bits per heavy atom. The van der Waals surface area contributed by atoms with Crippen LogP contribution in [0.2, 0.25) is 0 Å². The van der Waals surface area contributed by atoms with Gasteiger partial charge in [0, 0.05) is 37.1 Å². The van der Waals surface area contributed by atoms with Crippen LogP contribution in [0.5, 0.6) is 0 Å². The summed E-state index contributed by atoms with van der Waals surface area (Å²) in [6.07, 6.45) is -0.597. The maximum absolute atomic E-state index is 13.0. The maximum Gasteiger partial charge on any atom is 0.435 e. The van der Waals surface area contributed by atoms with Gasteiger partial charge in [-0.05, 0) is 30.9 Å². The highest BCUT2D eigenvalue weighted by Gasteiger charge is 2.37. The fraction of sp³-hybridized carbons (Fsp3) is 0.438. The molecule has 1 aliphatic carbocycles. The van der Waals surface area contributed by atoms with Gasteiger partial charge in [-0.2, -0.15) is 23.5 Å². The Morgan fingerprint density at radius 3 is 2.92 bits per heavy atom.